The molecule has 1 amide bonds. The van der Waals surface area contributed by atoms with E-state index in [2.05, 4.69) is 15.6 Å². The number of halogens is 1. The van der Waals surface area contributed by atoms with Gasteiger partial charge in [-0.15, -0.1) is 12.4 Å². The Morgan fingerprint density at radius 2 is 2.25 bits per heavy atom. The van der Waals surface area contributed by atoms with E-state index in [0.717, 1.165) is 0 Å². The molecule has 0 aromatic carbocycles. The molecule has 0 aliphatic rings. The van der Waals surface area contributed by atoms with Crippen LogP contribution in [0.1, 0.15) is 19.2 Å². The van der Waals surface area contributed by atoms with Crippen LogP contribution in [-0.4, -0.2) is 40.0 Å². The Morgan fingerprint density at radius 1 is 1.60 bits per heavy atom. The van der Waals surface area contributed by atoms with Gasteiger partial charge >= 0.3 is 5.82 Å². The standard InChI is InChI=1S/C11H19N5O3.ClH/c1-8(12-3)6-13-11(17)4-5-15-7-10(16(18)19)14-9(15)2;/h7-8,12H,4-6H2,1-3H3,(H,13,17);1H. The number of aromatic nitrogens is 2. The molecule has 9 heteroatoms. The highest BCUT2D eigenvalue weighted by Gasteiger charge is 2.15. The zero-order chi connectivity index (χ0) is 14.4. The number of aryl methyl sites for hydroxylation is 2. The van der Waals surface area contributed by atoms with Gasteiger partial charge < -0.3 is 25.3 Å². The van der Waals surface area contributed by atoms with Crippen LogP contribution in [0.2, 0.25) is 0 Å². The molecular formula is C11H20ClN5O3. The number of nitrogens with zero attached hydrogens (tertiary/aromatic N) is 3. The van der Waals surface area contributed by atoms with Gasteiger partial charge in [-0.25, -0.2) is 0 Å². The largest absolute Gasteiger partial charge is 0.381 e. The Hall–Kier alpha value is -1.67. The van der Waals surface area contributed by atoms with Crippen molar-refractivity contribution >= 4 is 24.1 Å². The summed E-state index contributed by atoms with van der Waals surface area (Å²) in [5, 5.41) is 16.4. The van der Waals surface area contributed by atoms with Crippen LogP contribution in [0.25, 0.3) is 0 Å². The van der Waals surface area contributed by atoms with E-state index in [1.165, 1.54) is 6.20 Å². The number of amides is 1. The molecule has 0 spiro atoms. The Labute approximate surface area is 123 Å². The molecule has 1 aromatic rings. The molecule has 1 rings (SSSR count). The summed E-state index contributed by atoms with van der Waals surface area (Å²) in [5.74, 6) is 0.252. The molecule has 0 radical (unpaired) electrons. The van der Waals surface area contributed by atoms with Crippen LogP contribution in [0.15, 0.2) is 6.20 Å². The first-order valence-corrected chi connectivity index (χ1v) is 6.06. The molecule has 0 bridgehead atoms. The van der Waals surface area contributed by atoms with Crippen LogP contribution in [0.5, 0.6) is 0 Å². The van der Waals surface area contributed by atoms with Crippen molar-refractivity contribution in [3.05, 3.63) is 22.1 Å². The Morgan fingerprint density at radius 3 is 2.75 bits per heavy atom. The molecule has 0 saturated heterocycles. The third-order valence-electron chi connectivity index (χ3n) is 2.83. The van der Waals surface area contributed by atoms with E-state index >= 15 is 0 Å². The normalized spacial score (nSPS) is 11.6. The highest BCUT2D eigenvalue weighted by atomic mass is 35.5. The molecule has 0 aliphatic carbocycles. The zero-order valence-corrected chi connectivity index (χ0v) is 12.6. The smallest absolute Gasteiger partial charge is 0.358 e. The van der Waals surface area contributed by atoms with Crippen LogP contribution in [0, 0.1) is 17.0 Å². The van der Waals surface area contributed by atoms with Gasteiger partial charge in [-0.2, -0.15) is 0 Å². The van der Waals surface area contributed by atoms with Gasteiger partial charge in [0, 0.05) is 32.5 Å². The van der Waals surface area contributed by atoms with E-state index in [1.54, 1.807) is 11.5 Å². The molecular weight excluding hydrogens is 286 g/mol. The third kappa shape index (κ3) is 5.54. The van der Waals surface area contributed by atoms with E-state index < -0.39 is 4.92 Å². The maximum absolute atomic E-state index is 11.6. The van der Waals surface area contributed by atoms with Crippen LogP contribution < -0.4 is 10.6 Å². The van der Waals surface area contributed by atoms with Gasteiger partial charge in [-0.1, -0.05) is 0 Å². The maximum atomic E-state index is 11.6. The van der Waals surface area contributed by atoms with Crippen molar-refractivity contribution in [3.8, 4) is 0 Å². The van der Waals surface area contributed by atoms with Gasteiger partial charge in [0.1, 0.15) is 6.20 Å². The first-order chi connectivity index (χ1) is 8.93. The topological polar surface area (TPSA) is 102 Å². The Balaban J connectivity index is 0.00000361. The predicted octanol–water partition coefficient (Wildman–Crippen LogP) is 0.636. The monoisotopic (exact) mass is 305 g/mol. The lowest BCUT2D eigenvalue weighted by Gasteiger charge is -2.11. The molecule has 1 aromatic heterocycles. The lowest BCUT2D eigenvalue weighted by atomic mass is 10.3. The summed E-state index contributed by atoms with van der Waals surface area (Å²) >= 11 is 0. The minimum absolute atomic E-state index is 0. The molecule has 0 fully saturated rings. The summed E-state index contributed by atoms with van der Waals surface area (Å²) in [6, 6.07) is 0.208. The number of nitrogens with one attached hydrogen (secondary N) is 2. The van der Waals surface area contributed by atoms with Crippen LogP contribution in [0.3, 0.4) is 0 Å². The van der Waals surface area contributed by atoms with Crippen molar-refractivity contribution in [1.29, 1.82) is 0 Å². The number of rotatable bonds is 7. The molecule has 114 valence electrons. The summed E-state index contributed by atoms with van der Waals surface area (Å²) in [5.41, 5.74) is 0. The second-order valence-corrected chi connectivity index (χ2v) is 4.34. The number of hydrogen-bond acceptors (Lipinski definition) is 5. The van der Waals surface area contributed by atoms with E-state index in [-0.39, 0.29) is 36.6 Å². The average Bonchev–Trinajstić information content (AvgIpc) is 2.75. The number of hydrogen-bond donors (Lipinski definition) is 2. The highest BCUT2D eigenvalue weighted by molar-refractivity contribution is 5.85. The fourth-order valence-corrected chi connectivity index (χ4v) is 1.49. The van der Waals surface area contributed by atoms with Crippen molar-refractivity contribution in [2.24, 2.45) is 0 Å². The first kappa shape index (κ1) is 18.3. The highest BCUT2D eigenvalue weighted by Crippen LogP contribution is 2.10. The zero-order valence-electron chi connectivity index (χ0n) is 11.8. The van der Waals surface area contributed by atoms with Gasteiger partial charge in [0.25, 0.3) is 0 Å². The minimum atomic E-state index is -0.543. The van der Waals surface area contributed by atoms with Crippen molar-refractivity contribution in [2.75, 3.05) is 13.6 Å². The van der Waals surface area contributed by atoms with Crippen molar-refractivity contribution < 1.29 is 9.72 Å². The second-order valence-electron chi connectivity index (χ2n) is 4.34. The van der Waals surface area contributed by atoms with E-state index in [0.29, 0.717) is 18.9 Å². The number of carbonyl (C=O) groups excluding carboxylic acids is 1. The predicted molar refractivity (Wildman–Crippen MR) is 77.0 cm³/mol. The lowest BCUT2D eigenvalue weighted by molar-refractivity contribution is -0.389. The number of imidazole rings is 1. The third-order valence-corrected chi connectivity index (χ3v) is 2.83. The summed E-state index contributed by atoms with van der Waals surface area (Å²) in [4.78, 5) is 25.4. The molecule has 20 heavy (non-hydrogen) atoms. The number of likely N-dealkylation sites (N-methyl/N-ethyl adjacent to an activating group) is 1. The quantitative estimate of drug-likeness (QED) is 0.568. The summed E-state index contributed by atoms with van der Waals surface area (Å²) in [7, 11) is 1.82. The average molecular weight is 306 g/mol. The van der Waals surface area contributed by atoms with Crippen molar-refractivity contribution in [3.63, 3.8) is 0 Å². The summed E-state index contributed by atoms with van der Waals surface area (Å²) in [6.45, 7) is 4.57. The van der Waals surface area contributed by atoms with Gasteiger partial charge in [-0.3, -0.25) is 4.79 Å². The summed E-state index contributed by atoms with van der Waals surface area (Å²) in [6.07, 6.45) is 1.61. The van der Waals surface area contributed by atoms with Crippen LogP contribution in [-0.2, 0) is 11.3 Å². The molecule has 2 N–H and O–H groups in total. The van der Waals surface area contributed by atoms with Crippen LogP contribution in [0.4, 0.5) is 5.82 Å². The van der Waals surface area contributed by atoms with Crippen molar-refractivity contribution in [2.45, 2.75) is 32.9 Å². The van der Waals surface area contributed by atoms with Gasteiger partial charge in [0.2, 0.25) is 11.7 Å². The van der Waals surface area contributed by atoms with Gasteiger partial charge in [0.15, 0.2) is 0 Å². The Bertz CT molecular complexity index is 463. The van der Waals surface area contributed by atoms with Crippen LogP contribution >= 0.6 is 12.4 Å². The molecule has 1 heterocycles. The fourth-order valence-electron chi connectivity index (χ4n) is 1.49. The van der Waals surface area contributed by atoms with Gasteiger partial charge in [-0.05, 0) is 23.9 Å². The molecule has 1 atom stereocenters. The van der Waals surface area contributed by atoms with E-state index in [9.17, 15) is 14.9 Å². The van der Waals surface area contributed by atoms with E-state index in [1.807, 2.05) is 14.0 Å². The van der Waals surface area contributed by atoms with Gasteiger partial charge in [0.05, 0.1) is 0 Å². The maximum Gasteiger partial charge on any atom is 0.381 e. The SMILES string of the molecule is CNC(C)CNC(=O)CCn1cc([N+](=O)[O-])nc1C.Cl. The minimum Gasteiger partial charge on any atom is -0.358 e. The fraction of sp³-hybridized carbons (Fsp3) is 0.636. The molecule has 0 aliphatic heterocycles. The second kappa shape index (κ2) is 8.49. The first-order valence-electron chi connectivity index (χ1n) is 6.06. The number of nitro groups is 1. The molecule has 1 unspecified atom stereocenters. The molecule has 8 nitrogen and oxygen atoms in total. The van der Waals surface area contributed by atoms with E-state index in [4.69, 9.17) is 0 Å². The van der Waals surface area contributed by atoms with Crippen molar-refractivity contribution in [1.82, 2.24) is 20.2 Å². The Kier molecular flexibility index (Phi) is 7.78. The summed E-state index contributed by atoms with van der Waals surface area (Å²) < 4.78 is 1.61. The molecule has 0 saturated carbocycles. The number of carbonyl (C=O) groups is 1. The lowest BCUT2D eigenvalue weighted by Crippen LogP contribution is -2.37.